The van der Waals surface area contributed by atoms with Gasteiger partial charge in [-0.25, -0.2) is 4.98 Å². The normalized spacial score (nSPS) is 16.3. The van der Waals surface area contributed by atoms with Crippen LogP contribution in [0.5, 0.6) is 0 Å². The van der Waals surface area contributed by atoms with Crippen LogP contribution in [-0.4, -0.2) is 42.3 Å². The van der Waals surface area contributed by atoms with E-state index in [1.165, 1.54) is 0 Å². The third kappa shape index (κ3) is 3.09. The topological polar surface area (TPSA) is 100 Å². The average Bonchev–Trinajstić information content (AvgIpc) is 3.57. The maximum Gasteiger partial charge on any atom is 0.278 e. The molecule has 5 heterocycles. The van der Waals surface area contributed by atoms with E-state index in [2.05, 4.69) is 20.1 Å². The van der Waals surface area contributed by atoms with E-state index in [9.17, 15) is 4.79 Å². The summed E-state index contributed by atoms with van der Waals surface area (Å²) in [4.78, 5) is 27.0. The summed E-state index contributed by atoms with van der Waals surface area (Å²) < 4.78 is 14.3. The van der Waals surface area contributed by atoms with Gasteiger partial charge in [0.25, 0.3) is 11.4 Å². The van der Waals surface area contributed by atoms with Gasteiger partial charge in [0.05, 0.1) is 29.9 Å². The maximum atomic E-state index is 13.7. The zero-order valence-corrected chi connectivity index (χ0v) is 17.6. The first-order chi connectivity index (χ1) is 15.7. The van der Waals surface area contributed by atoms with Gasteiger partial charge in [0.1, 0.15) is 11.8 Å². The highest BCUT2D eigenvalue weighted by Gasteiger charge is 2.26. The first kappa shape index (κ1) is 19.1. The van der Waals surface area contributed by atoms with Gasteiger partial charge < -0.3 is 9.26 Å². The molecular formula is C22H17ClN6O3. The van der Waals surface area contributed by atoms with E-state index >= 15 is 0 Å². The highest BCUT2D eigenvalue weighted by molar-refractivity contribution is 6.31. The second kappa shape index (κ2) is 7.54. The lowest BCUT2D eigenvalue weighted by molar-refractivity contribution is 0.192. The van der Waals surface area contributed by atoms with E-state index in [4.69, 9.17) is 20.9 Å². The molecule has 1 aliphatic rings. The third-order valence-corrected chi connectivity index (χ3v) is 5.92. The average molecular weight is 449 g/mol. The Morgan fingerprint density at radius 3 is 2.91 bits per heavy atom. The molecule has 0 N–H and O–H groups in total. The quantitative estimate of drug-likeness (QED) is 0.415. The highest BCUT2D eigenvalue weighted by atomic mass is 35.5. The van der Waals surface area contributed by atoms with Crippen molar-refractivity contribution in [2.24, 2.45) is 0 Å². The van der Waals surface area contributed by atoms with Crippen molar-refractivity contribution in [2.75, 3.05) is 13.2 Å². The van der Waals surface area contributed by atoms with Crippen molar-refractivity contribution in [3.63, 3.8) is 0 Å². The minimum atomic E-state index is -0.248. The van der Waals surface area contributed by atoms with Gasteiger partial charge in [-0.15, -0.1) is 0 Å². The van der Waals surface area contributed by atoms with Gasteiger partial charge in [-0.2, -0.15) is 4.98 Å². The monoisotopic (exact) mass is 448 g/mol. The van der Waals surface area contributed by atoms with Crippen LogP contribution in [0.4, 0.5) is 0 Å². The summed E-state index contributed by atoms with van der Waals surface area (Å²) in [6.45, 7) is 1.52. The minimum absolute atomic E-state index is 0.0881. The molecule has 9 nitrogen and oxygen atoms in total. The Bertz CT molecular complexity index is 1500. The summed E-state index contributed by atoms with van der Waals surface area (Å²) in [7, 11) is 0. The Morgan fingerprint density at radius 1 is 1.16 bits per heavy atom. The summed E-state index contributed by atoms with van der Waals surface area (Å²) in [6, 6.07) is 11.0. The molecule has 0 bridgehead atoms. The molecule has 4 aromatic heterocycles. The van der Waals surface area contributed by atoms with Gasteiger partial charge in [-0.05, 0) is 36.8 Å². The SMILES string of the molecule is O=c1c2c(-c3nc(C4CCOC4)no3)ncn2c2ccc(Cl)cc2n1Cc1ccccn1. The lowest BCUT2D eigenvalue weighted by atomic mass is 10.1. The molecule has 1 fully saturated rings. The molecule has 5 aromatic rings. The summed E-state index contributed by atoms with van der Waals surface area (Å²) in [5.74, 6) is 0.870. The first-order valence-electron chi connectivity index (χ1n) is 10.2. The van der Waals surface area contributed by atoms with E-state index in [0.29, 0.717) is 40.8 Å². The van der Waals surface area contributed by atoms with Gasteiger partial charge in [0.15, 0.2) is 11.5 Å². The summed E-state index contributed by atoms with van der Waals surface area (Å²) in [6.07, 6.45) is 4.13. The molecule has 0 radical (unpaired) electrons. The lowest BCUT2D eigenvalue weighted by Gasteiger charge is -2.12. The van der Waals surface area contributed by atoms with Gasteiger partial charge in [-0.1, -0.05) is 22.8 Å². The zero-order valence-electron chi connectivity index (χ0n) is 16.8. The third-order valence-electron chi connectivity index (χ3n) is 5.69. The van der Waals surface area contributed by atoms with Crippen molar-refractivity contribution in [3.05, 3.63) is 75.8 Å². The number of nitrogens with zero attached hydrogens (tertiary/aromatic N) is 6. The number of hydrogen-bond acceptors (Lipinski definition) is 7. The molecule has 160 valence electrons. The minimum Gasteiger partial charge on any atom is -0.381 e. The predicted molar refractivity (Wildman–Crippen MR) is 117 cm³/mol. The maximum absolute atomic E-state index is 13.7. The molecule has 0 amide bonds. The molecule has 32 heavy (non-hydrogen) atoms. The largest absolute Gasteiger partial charge is 0.381 e. The molecule has 0 saturated carbocycles. The van der Waals surface area contributed by atoms with Crippen molar-refractivity contribution in [3.8, 4) is 11.6 Å². The number of ether oxygens (including phenoxy) is 1. The number of fused-ring (bicyclic) bond motifs is 3. The fraction of sp³-hybridized carbons (Fsp3) is 0.227. The van der Waals surface area contributed by atoms with Crippen molar-refractivity contribution in [1.29, 1.82) is 0 Å². The Balaban J connectivity index is 1.57. The van der Waals surface area contributed by atoms with Crippen molar-refractivity contribution in [1.82, 2.24) is 29.1 Å². The number of rotatable bonds is 4. The molecule has 0 spiro atoms. The smallest absolute Gasteiger partial charge is 0.278 e. The Labute approximate surface area is 186 Å². The Morgan fingerprint density at radius 2 is 2.09 bits per heavy atom. The van der Waals surface area contributed by atoms with Crippen molar-refractivity contribution >= 4 is 28.2 Å². The highest BCUT2D eigenvalue weighted by Crippen LogP contribution is 2.28. The number of hydrogen-bond donors (Lipinski definition) is 0. The number of aromatic nitrogens is 6. The van der Waals surface area contributed by atoms with Crippen LogP contribution < -0.4 is 5.56 Å². The Kier molecular flexibility index (Phi) is 4.51. The molecule has 1 unspecified atom stereocenters. The zero-order chi connectivity index (χ0) is 21.7. The van der Waals surface area contributed by atoms with Crippen LogP contribution in [0.2, 0.25) is 5.02 Å². The number of imidazole rings is 1. The fourth-order valence-electron chi connectivity index (χ4n) is 4.09. The second-order valence-electron chi connectivity index (χ2n) is 7.68. The standard InChI is InChI=1S/C22H17ClN6O3/c23-14-4-5-16-17(9-14)28(10-15-3-1-2-7-24-15)22(30)19-18(25-12-29(16)19)21-26-20(27-32-21)13-6-8-31-11-13/h1-5,7,9,12-13H,6,8,10-11H2. The van der Waals surface area contributed by atoms with Gasteiger partial charge >= 0.3 is 0 Å². The summed E-state index contributed by atoms with van der Waals surface area (Å²) in [5, 5.41) is 4.64. The van der Waals surface area contributed by atoms with E-state index < -0.39 is 0 Å². The van der Waals surface area contributed by atoms with Gasteiger partial charge in [0.2, 0.25) is 0 Å². The second-order valence-corrected chi connectivity index (χ2v) is 8.11. The van der Waals surface area contributed by atoms with Crippen LogP contribution in [-0.2, 0) is 11.3 Å². The lowest BCUT2D eigenvalue weighted by Crippen LogP contribution is -2.24. The molecule has 1 saturated heterocycles. The molecular weight excluding hydrogens is 432 g/mol. The van der Waals surface area contributed by atoms with Gasteiger partial charge in [0, 0.05) is 23.7 Å². The molecule has 0 aliphatic carbocycles. The summed E-state index contributed by atoms with van der Waals surface area (Å²) in [5.41, 5.74) is 2.67. The van der Waals surface area contributed by atoms with E-state index in [1.807, 2.05) is 24.3 Å². The van der Waals surface area contributed by atoms with Crippen LogP contribution in [0.3, 0.4) is 0 Å². The molecule has 1 aromatic carbocycles. The van der Waals surface area contributed by atoms with Crippen LogP contribution in [0, 0.1) is 0 Å². The Hall–Kier alpha value is -3.56. The van der Waals surface area contributed by atoms with E-state index in [1.54, 1.807) is 33.6 Å². The number of benzene rings is 1. The van der Waals surface area contributed by atoms with Crippen molar-refractivity contribution < 1.29 is 9.26 Å². The van der Waals surface area contributed by atoms with Crippen LogP contribution in [0.25, 0.3) is 28.1 Å². The van der Waals surface area contributed by atoms with Crippen molar-refractivity contribution in [2.45, 2.75) is 18.9 Å². The number of halogens is 1. The van der Waals surface area contributed by atoms with Crippen LogP contribution in [0.1, 0.15) is 23.9 Å². The molecule has 1 atom stereocenters. The van der Waals surface area contributed by atoms with Crippen LogP contribution in [0.15, 0.2) is 58.2 Å². The summed E-state index contributed by atoms with van der Waals surface area (Å²) >= 11 is 6.26. The molecule has 10 heteroatoms. The van der Waals surface area contributed by atoms with Crippen LogP contribution >= 0.6 is 11.6 Å². The van der Waals surface area contributed by atoms with E-state index in [-0.39, 0.29) is 23.9 Å². The van der Waals surface area contributed by atoms with E-state index in [0.717, 1.165) is 17.6 Å². The first-order valence-corrected chi connectivity index (χ1v) is 10.6. The fourth-order valence-corrected chi connectivity index (χ4v) is 4.26. The number of pyridine rings is 1. The molecule has 1 aliphatic heterocycles. The molecule has 6 rings (SSSR count). The predicted octanol–water partition coefficient (Wildman–Crippen LogP) is 3.30. The van der Waals surface area contributed by atoms with Gasteiger partial charge in [-0.3, -0.25) is 18.7 Å².